The zero-order valence-corrected chi connectivity index (χ0v) is 27.2. The average molecular weight is 652 g/mol. The number of fused-ring (bicyclic) bond motifs is 8. The normalized spacial score (nSPS) is 14.4. The number of aliphatic hydroxyl groups excluding tert-OH is 2. The van der Waals surface area contributed by atoms with Crippen molar-refractivity contribution in [2.75, 3.05) is 0 Å². The predicted octanol–water partition coefficient (Wildman–Crippen LogP) is 4.84. The summed E-state index contributed by atoms with van der Waals surface area (Å²) in [7, 11) is 0. The largest absolute Gasteiger partial charge is 2.00 e. The summed E-state index contributed by atoms with van der Waals surface area (Å²) < 4.78 is 0. The van der Waals surface area contributed by atoms with E-state index < -0.39 is 24.1 Å². The quantitative estimate of drug-likeness (QED) is 0.247. The number of aliphatic carboxylic acids is 2. The van der Waals surface area contributed by atoms with Crippen molar-refractivity contribution in [3.05, 3.63) is 69.3 Å². The summed E-state index contributed by atoms with van der Waals surface area (Å²) in [6, 6.07) is 7.25. The zero-order chi connectivity index (χ0) is 32.0. The van der Waals surface area contributed by atoms with Gasteiger partial charge in [-0.15, -0.1) is 22.1 Å². The minimum Gasteiger partial charge on any atom is -0.657 e. The summed E-state index contributed by atoms with van der Waals surface area (Å²) in [6.07, 6.45) is -1.32. The molecule has 0 aliphatic carbocycles. The van der Waals surface area contributed by atoms with Gasteiger partial charge in [0.25, 0.3) is 0 Å². The van der Waals surface area contributed by atoms with Crippen molar-refractivity contribution in [1.82, 2.24) is 19.9 Å². The van der Waals surface area contributed by atoms with E-state index in [-0.39, 0.29) is 42.8 Å². The van der Waals surface area contributed by atoms with Gasteiger partial charge in [0.1, 0.15) is 0 Å². The third-order valence-electron chi connectivity index (χ3n) is 8.49. The third kappa shape index (κ3) is 6.53. The molecule has 2 aliphatic heterocycles. The van der Waals surface area contributed by atoms with Crippen LogP contribution in [-0.4, -0.2) is 54.5 Å². The molecule has 2 unspecified atom stereocenters. The van der Waals surface area contributed by atoms with Crippen molar-refractivity contribution >= 4 is 56.3 Å². The maximum absolute atomic E-state index is 11.5. The Balaban J connectivity index is 0.00000461. The van der Waals surface area contributed by atoms with Crippen molar-refractivity contribution < 1.29 is 47.1 Å². The molecule has 235 valence electrons. The fourth-order valence-corrected chi connectivity index (χ4v) is 6.15. The van der Waals surface area contributed by atoms with Gasteiger partial charge in [0.2, 0.25) is 0 Å². The minimum atomic E-state index is -0.931. The Hall–Kier alpha value is -4.02. The maximum atomic E-state index is 11.5. The minimum absolute atomic E-state index is 0. The number of hydrogen-bond acceptors (Lipinski definition) is 6. The molecule has 0 spiro atoms. The second-order valence-corrected chi connectivity index (χ2v) is 11.5. The van der Waals surface area contributed by atoms with Crippen LogP contribution in [0, 0.1) is 13.8 Å². The number of allylic oxidation sites excluding steroid dienone is 2. The van der Waals surface area contributed by atoms with Crippen LogP contribution in [0.1, 0.15) is 85.6 Å². The average Bonchev–Trinajstić information content (AvgIpc) is 3.59. The summed E-state index contributed by atoms with van der Waals surface area (Å²) in [4.78, 5) is 42.6. The van der Waals surface area contributed by atoms with Crippen LogP contribution in [0.25, 0.3) is 44.4 Å². The number of aromatic nitrogens is 4. The molecular weight excluding hydrogens is 615 g/mol. The summed E-state index contributed by atoms with van der Waals surface area (Å²) in [5.74, 6) is -1.86. The fraction of sp³-hybridized carbons (Fsp3) is 0.353. The number of carboxylic acid groups (broad SMARTS) is 2. The summed E-state index contributed by atoms with van der Waals surface area (Å²) in [5, 5.41) is 40.4. The molecule has 4 N–H and O–H groups in total. The molecule has 3 aromatic heterocycles. The predicted molar refractivity (Wildman–Crippen MR) is 169 cm³/mol. The first-order valence-corrected chi connectivity index (χ1v) is 14.6. The zero-order valence-electron chi connectivity index (χ0n) is 26.1. The van der Waals surface area contributed by atoms with Gasteiger partial charge < -0.3 is 30.4 Å². The smallest absolute Gasteiger partial charge is 0.657 e. The number of hydrogen-bond donors (Lipinski definition) is 4. The van der Waals surface area contributed by atoms with Crippen LogP contribution in [0.2, 0.25) is 0 Å². The molecule has 5 rings (SSSR count). The Labute approximate surface area is 271 Å². The van der Waals surface area contributed by atoms with Gasteiger partial charge in [-0.05, 0) is 71.6 Å². The van der Waals surface area contributed by atoms with Crippen LogP contribution < -0.4 is 9.97 Å². The van der Waals surface area contributed by atoms with E-state index in [1.165, 1.54) is 0 Å². The van der Waals surface area contributed by atoms with E-state index in [1.807, 2.05) is 39.8 Å². The first kappa shape index (κ1) is 33.9. The molecule has 8 bridgehead atoms. The molecule has 11 heteroatoms. The third-order valence-corrected chi connectivity index (χ3v) is 8.49. The second kappa shape index (κ2) is 13.1. The van der Waals surface area contributed by atoms with Gasteiger partial charge in [-0.25, -0.2) is 9.97 Å². The molecule has 2 aliphatic rings. The maximum Gasteiger partial charge on any atom is 2.00 e. The first-order valence-electron chi connectivity index (χ1n) is 14.6. The first-order chi connectivity index (χ1) is 20.8. The van der Waals surface area contributed by atoms with Crippen LogP contribution in [0.3, 0.4) is 0 Å². The number of carbonyl (C=O) groups is 2. The van der Waals surface area contributed by atoms with Gasteiger partial charge in [0, 0.05) is 24.0 Å². The molecule has 0 saturated carbocycles. The van der Waals surface area contributed by atoms with Crippen molar-refractivity contribution in [3.8, 4) is 0 Å². The molecule has 10 nitrogen and oxygen atoms in total. The van der Waals surface area contributed by atoms with E-state index in [1.54, 1.807) is 26.0 Å². The Morgan fingerprint density at radius 1 is 0.644 bits per heavy atom. The topological polar surface area (TPSA) is 169 Å². The molecule has 3 aromatic rings. The van der Waals surface area contributed by atoms with Gasteiger partial charge in [0.15, 0.2) is 0 Å². The number of aliphatic hydroxyl groups is 2. The number of carboxylic acids is 2. The molecule has 2 atom stereocenters. The summed E-state index contributed by atoms with van der Waals surface area (Å²) in [6.45, 7) is 10.9. The van der Waals surface area contributed by atoms with E-state index in [2.05, 4.69) is 0 Å². The van der Waals surface area contributed by atoms with Crippen LogP contribution >= 0.6 is 0 Å². The van der Waals surface area contributed by atoms with Gasteiger partial charge in [-0.2, -0.15) is 0 Å². The standard InChI is InChI=1S/C34H38N4O6.Mn/c1-15-21(7-9-31(41)42)27-14-28-22(8-10-32(43)44)16(2)24(36-28)12-29-34(20(6)40)18(4)26(38-29)13-30-33(19(5)39)17(3)25(37-30)11-23(15)35-27;/h11-14,19-20,39-40H,7-10H2,1-6H3,(H4,35,36,37,38,41,42,43,44);/q;+2/p-2. The molecule has 0 fully saturated rings. The molecule has 0 saturated heterocycles. The van der Waals surface area contributed by atoms with Crippen LogP contribution in [0.15, 0.2) is 24.3 Å². The number of rotatable bonds is 8. The van der Waals surface area contributed by atoms with E-state index in [0.29, 0.717) is 56.0 Å². The summed E-state index contributed by atoms with van der Waals surface area (Å²) in [5.41, 5.74) is 10.6. The molecule has 5 heterocycles. The SMILES string of the molecule is CC1=C(C(C)O)c2cc3nc(cc4[n-]c(cc5[n-]c(cc1n2)c(C)c5CCC(=O)O)c(CCC(=O)O)c4C)C(C(C)O)=C3C.[Mn+2]. The molecular formula is C34H36MnN4O6. The van der Waals surface area contributed by atoms with E-state index >= 15 is 0 Å². The van der Waals surface area contributed by atoms with Crippen molar-refractivity contribution in [3.63, 3.8) is 0 Å². The Morgan fingerprint density at radius 3 is 1.42 bits per heavy atom. The number of nitrogens with zero attached hydrogens (tertiary/aromatic N) is 4. The molecule has 45 heavy (non-hydrogen) atoms. The van der Waals surface area contributed by atoms with Crippen molar-refractivity contribution in [2.24, 2.45) is 0 Å². The van der Waals surface area contributed by atoms with Gasteiger partial charge in [-0.1, -0.05) is 40.5 Å². The summed E-state index contributed by atoms with van der Waals surface area (Å²) >= 11 is 0. The van der Waals surface area contributed by atoms with E-state index in [4.69, 9.17) is 19.9 Å². The van der Waals surface area contributed by atoms with Gasteiger partial charge in [-0.3, -0.25) is 9.59 Å². The van der Waals surface area contributed by atoms with Gasteiger partial charge >= 0.3 is 29.0 Å². The van der Waals surface area contributed by atoms with Crippen molar-refractivity contribution in [1.29, 1.82) is 0 Å². The Bertz CT molecular complexity index is 1930. The second-order valence-electron chi connectivity index (χ2n) is 11.5. The molecule has 0 amide bonds. The Kier molecular flexibility index (Phi) is 9.89. The van der Waals surface area contributed by atoms with E-state index in [0.717, 1.165) is 33.4 Å². The van der Waals surface area contributed by atoms with Crippen LogP contribution in [0.4, 0.5) is 0 Å². The van der Waals surface area contributed by atoms with E-state index in [9.17, 15) is 30.0 Å². The monoisotopic (exact) mass is 651 g/mol. The molecule has 1 radical (unpaired) electrons. The number of aryl methyl sites for hydroxylation is 4. The van der Waals surface area contributed by atoms with Gasteiger partial charge in [0.05, 0.1) is 35.0 Å². The Morgan fingerprint density at radius 2 is 1.02 bits per heavy atom. The molecule has 0 aromatic carbocycles. The fourth-order valence-electron chi connectivity index (χ4n) is 6.15. The van der Waals surface area contributed by atoms with Crippen LogP contribution in [0.5, 0.6) is 0 Å². The van der Waals surface area contributed by atoms with Crippen molar-refractivity contribution in [2.45, 2.75) is 79.4 Å². The van der Waals surface area contributed by atoms with Crippen LogP contribution in [-0.2, 0) is 39.5 Å².